The minimum atomic E-state index is -0.766. The Morgan fingerprint density at radius 2 is 2.26 bits per heavy atom. The average molecular weight is 279 g/mol. The van der Waals surface area contributed by atoms with Gasteiger partial charge in [0, 0.05) is 17.2 Å². The molecule has 4 heteroatoms. The lowest BCUT2D eigenvalue weighted by molar-refractivity contribution is -0.149. The summed E-state index contributed by atoms with van der Waals surface area (Å²) in [4.78, 5) is 12.9. The molecule has 2 unspecified atom stereocenters. The molecule has 104 valence electrons. The van der Waals surface area contributed by atoms with Crippen LogP contribution < -0.4 is 5.73 Å². The van der Waals surface area contributed by atoms with Gasteiger partial charge in [-0.15, -0.1) is 11.8 Å². The van der Waals surface area contributed by atoms with Crippen molar-refractivity contribution >= 4 is 17.7 Å². The molecule has 0 amide bonds. The molecule has 1 aromatic carbocycles. The van der Waals surface area contributed by atoms with E-state index in [-0.39, 0.29) is 6.54 Å². The Bertz CT molecular complexity index is 463. The van der Waals surface area contributed by atoms with Crippen LogP contribution in [-0.4, -0.2) is 23.4 Å². The van der Waals surface area contributed by atoms with Crippen molar-refractivity contribution in [2.75, 3.05) is 12.3 Å². The third-order valence-corrected chi connectivity index (χ3v) is 5.26. The Morgan fingerprint density at radius 3 is 2.89 bits per heavy atom. The maximum Gasteiger partial charge on any atom is 0.310 e. The predicted molar refractivity (Wildman–Crippen MR) is 78.6 cm³/mol. The van der Waals surface area contributed by atoms with Gasteiger partial charge in [-0.3, -0.25) is 4.79 Å². The zero-order valence-corrected chi connectivity index (χ0v) is 12.1. The van der Waals surface area contributed by atoms with Crippen LogP contribution in [0.2, 0.25) is 0 Å². The molecule has 0 fully saturated rings. The van der Waals surface area contributed by atoms with Crippen molar-refractivity contribution < 1.29 is 9.90 Å². The highest BCUT2D eigenvalue weighted by Gasteiger charge is 2.40. The highest BCUT2D eigenvalue weighted by atomic mass is 32.2. The van der Waals surface area contributed by atoms with Gasteiger partial charge in [-0.1, -0.05) is 31.5 Å². The molecule has 19 heavy (non-hydrogen) atoms. The van der Waals surface area contributed by atoms with Crippen LogP contribution in [0.25, 0.3) is 0 Å². The second-order valence-corrected chi connectivity index (χ2v) is 6.35. The van der Waals surface area contributed by atoms with Crippen LogP contribution in [0.15, 0.2) is 29.2 Å². The van der Waals surface area contributed by atoms with Gasteiger partial charge >= 0.3 is 5.97 Å². The maximum atomic E-state index is 11.7. The SMILES string of the molecule is CCCC(CN)(CC1CSc2ccccc21)C(=O)O. The Balaban J connectivity index is 2.22. The second-order valence-electron chi connectivity index (χ2n) is 5.29. The first kappa shape index (κ1) is 14.4. The summed E-state index contributed by atoms with van der Waals surface area (Å²) in [6.45, 7) is 2.24. The normalized spacial score (nSPS) is 20.8. The van der Waals surface area contributed by atoms with Gasteiger partial charge < -0.3 is 10.8 Å². The molecule has 1 heterocycles. The largest absolute Gasteiger partial charge is 0.481 e. The summed E-state index contributed by atoms with van der Waals surface area (Å²) >= 11 is 1.82. The number of carbonyl (C=O) groups is 1. The van der Waals surface area contributed by atoms with Crippen molar-refractivity contribution in [1.29, 1.82) is 0 Å². The molecule has 2 rings (SSSR count). The van der Waals surface area contributed by atoms with Crippen molar-refractivity contribution in [3.8, 4) is 0 Å². The van der Waals surface area contributed by atoms with Crippen molar-refractivity contribution in [1.82, 2.24) is 0 Å². The summed E-state index contributed by atoms with van der Waals surface area (Å²) in [7, 11) is 0. The number of benzene rings is 1. The van der Waals surface area contributed by atoms with E-state index in [0.717, 1.165) is 12.2 Å². The average Bonchev–Trinajstić information content (AvgIpc) is 2.81. The molecule has 0 saturated heterocycles. The Hall–Kier alpha value is -1.00. The van der Waals surface area contributed by atoms with E-state index in [1.807, 2.05) is 30.8 Å². The third kappa shape index (κ3) is 2.79. The van der Waals surface area contributed by atoms with Gasteiger partial charge in [0.2, 0.25) is 0 Å². The van der Waals surface area contributed by atoms with Crippen LogP contribution in [0.1, 0.15) is 37.7 Å². The fourth-order valence-corrected chi connectivity index (χ4v) is 4.17. The second kappa shape index (κ2) is 5.97. The van der Waals surface area contributed by atoms with Gasteiger partial charge in [-0.2, -0.15) is 0 Å². The lowest BCUT2D eigenvalue weighted by atomic mass is 9.74. The molecular formula is C15H21NO2S. The van der Waals surface area contributed by atoms with Gasteiger partial charge in [0.15, 0.2) is 0 Å². The molecule has 0 aromatic heterocycles. The summed E-state index contributed by atoms with van der Waals surface area (Å²) in [6.07, 6.45) is 2.16. The molecule has 0 aliphatic carbocycles. The summed E-state index contributed by atoms with van der Waals surface area (Å²) in [5.41, 5.74) is 6.33. The lowest BCUT2D eigenvalue weighted by Gasteiger charge is -2.30. The van der Waals surface area contributed by atoms with Crippen molar-refractivity contribution in [2.24, 2.45) is 11.1 Å². The molecule has 3 nitrogen and oxygen atoms in total. The zero-order chi connectivity index (χ0) is 13.9. The number of rotatable bonds is 6. The van der Waals surface area contributed by atoms with Crippen LogP contribution in [0, 0.1) is 5.41 Å². The van der Waals surface area contributed by atoms with Crippen LogP contribution in [-0.2, 0) is 4.79 Å². The maximum absolute atomic E-state index is 11.7. The molecule has 1 aliphatic rings. The molecule has 0 saturated carbocycles. The summed E-state index contributed by atoms with van der Waals surface area (Å²) in [5.74, 6) is 0.539. The third-order valence-electron chi connectivity index (χ3n) is 4.01. The number of aliphatic carboxylic acids is 1. The lowest BCUT2D eigenvalue weighted by Crippen LogP contribution is -2.40. The smallest absolute Gasteiger partial charge is 0.310 e. The molecule has 0 spiro atoms. The van der Waals surface area contributed by atoms with E-state index in [1.165, 1.54) is 10.5 Å². The molecule has 1 aliphatic heterocycles. The molecule has 0 radical (unpaired) electrons. The number of fused-ring (bicyclic) bond motifs is 1. The molecule has 1 aromatic rings. The number of nitrogens with two attached hydrogens (primary N) is 1. The number of hydrogen-bond acceptors (Lipinski definition) is 3. The highest BCUT2D eigenvalue weighted by Crippen LogP contribution is 2.45. The van der Waals surface area contributed by atoms with Crippen LogP contribution >= 0.6 is 11.8 Å². The number of thioether (sulfide) groups is 1. The number of hydrogen-bond donors (Lipinski definition) is 2. The standard InChI is InChI=1S/C15H21NO2S/c1-2-7-15(10-16,14(17)18)8-11-9-19-13-6-4-3-5-12(11)13/h3-6,11H,2,7-10,16H2,1H3,(H,17,18). The van der Waals surface area contributed by atoms with E-state index in [0.29, 0.717) is 18.8 Å². The van der Waals surface area contributed by atoms with Crippen molar-refractivity contribution in [3.05, 3.63) is 29.8 Å². The van der Waals surface area contributed by atoms with E-state index >= 15 is 0 Å². The first-order valence-corrected chi connectivity index (χ1v) is 7.76. The Kier molecular flexibility index (Phi) is 4.53. The first-order chi connectivity index (χ1) is 9.13. The Morgan fingerprint density at radius 1 is 1.53 bits per heavy atom. The highest BCUT2D eigenvalue weighted by molar-refractivity contribution is 7.99. The van der Waals surface area contributed by atoms with Crippen LogP contribution in [0.3, 0.4) is 0 Å². The van der Waals surface area contributed by atoms with Gasteiger partial charge in [0.1, 0.15) is 0 Å². The Labute approximate surface area is 118 Å². The summed E-state index contributed by atoms with van der Waals surface area (Å²) in [5, 5.41) is 9.58. The van der Waals surface area contributed by atoms with Gasteiger partial charge in [0.25, 0.3) is 0 Å². The topological polar surface area (TPSA) is 63.3 Å². The van der Waals surface area contributed by atoms with E-state index in [4.69, 9.17) is 5.73 Å². The summed E-state index contributed by atoms with van der Waals surface area (Å²) in [6, 6.07) is 8.30. The van der Waals surface area contributed by atoms with Gasteiger partial charge in [-0.05, 0) is 30.4 Å². The minimum Gasteiger partial charge on any atom is -0.481 e. The van der Waals surface area contributed by atoms with Crippen molar-refractivity contribution in [3.63, 3.8) is 0 Å². The van der Waals surface area contributed by atoms with Crippen LogP contribution in [0.5, 0.6) is 0 Å². The molecular weight excluding hydrogens is 258 g/mol. The zero-order valence-electron chi connectivity index (χ0n) is 11.3. The monoisotopic (exact) mass is 279 g/mol. The van der Waals surface area contributed by atoms with E-state index in [2.05, 4.69) is 12.1 Å². The fraction of sp³-hybridized carbons (Fsp3) is 0.533. The quantitative estimate of drug-likeness (QED) is 0.840. The van der Waals surface area contributed by atoms with Crippen molar-refractivity contribution in [2.45, 2.75) is 37.0 Å². The van der Waals surface area contributed by atoms with Gasteiger partial charge in [0.05, 0.1) is 5.41 Å². The molecule has 2 atom stereocenters. The molecule has 3 N–H and O–H groups in total. The predicted octanol–water partition coefficient (Wildman–Crippen LogP) is 3.10. The number of carboxylic acid groups (broad SMARTS) is 1. The number of carboxylic acids is 1. The fourth-order valence-electron chi connectivity index (χ4n) is 2.92. The summed E-state index contributed by atoms with van der Waals surface area (Å²) < 4.78 is 0. The first-order valence-electron chi connectivity index (χ1n) is 6.78. The van der Waals surface area contributed by atoms with E-state index in [9.17, 15) is 9.90 Å². The molecule has 0 bridgehead atoms. The van der Waals surface area contributed by atoms with Crippen LogP contribution in [0.4, 0.5) is 0 Å². The van der Waals surface area contributed by atoms with Gasteiger partial charge in [-0.25, -0.2) is 0 Å². The minimum absolute atomic E-state index is 0.222. The van der Waals surface area contributed by atoms with E-state index in [1.54, 1.807) is 0 Å². The van der Waals surface area contributed by atoms with E-state index < -0.39 is 11.4 Å².